The molecule has 0 radical (unpaired) electrons. The van der Waals surface area contributed by atoms with Crippen molar-refractivity contribution in [3.05, 3.63) is 65.9 Å². The van der Waals surface area contributed by atoms with Crippen molar-refractivity contribution in [2.75, 3.05) is 12.4 Å². The summed E-state index contributed by atoms with van der Waals surface area (Å²) in [5.41, 5.74) is 3.45. The number of nitrogens with zero attached hydrogens (tertiary/aromatic N) is 1. The van der Waals surface area contributed by atoms with Gasteiger partial charge in [-0.2, -0.15) is 0 Å². The zero-order valence-corrected chi connectivity index (χ0v) is 14.3. The second-order valence-electron chi connectivity index (χ2n) is 5.69. The lowest BCUT2D eigenvalue weighted by Gasteiger charge is -2.04. The van der Waals surface area contributed by atoms with Gasteiger partial charge in [0, 0.05) is 17.3 Å². The van der Waals surface area contributed by atoms with Crippen molar-refractivity contribution >= 4 is 11.6 Å². The number of benzene rings is 2. The van der Waals surface area contributed by atoms with E-state index in [9.17, 15) is 4.79 Å². The molecule has 3 aromatic rings. The number of hydrogen-bond donors (Lipinski definition) is 1. The van der Waals surface area contributed by atoms with E-state index in [1.165, 1.54) is 5.56 Å². The molecule has 128 valence electrons. The fourth-order valence-electron chi connectivity index (χ4n) is 2.50. The number of aryl methyl sites for hydroxylation is 1. The summed E-state index contributed by atoms with van der Waals surface area (Å²) in [5, 5.41) is 6.85. The third kappa shape index (κ3) is 4.26. The normalized spacial score (nSPS) is 10.5. The highest BCUT2D eigenvalue weighted by atomic mass is 16.5. The van der Waals surface area contributed by atoms with E-state index in [2.05, 4.69) is 17.4 Å². The summed E-state index contributed by atoms with van der Waals surface area (Å²) in [5.74, 6) is 1.22. The Labute approximate surface area is 146 Å². The van der Waals surface area contributed by atoms with Crippen molar-refractivity contribution in [3.8, 4) is 17.1 Å². The van der Waals surface area contributed by atoms with Crippen LogP contribution in [-0.4, -0.2) is 18.2 Å². The van der Waals surface area contributed by atoms with Gasteiger partial charge < -0.3 is 14.6 Å². The lowest BCUT2D eigenvalue weighted by molar-refractivity contribution is -0.115. The number of anilines is 1. The second kappa shape index (κ2) is 7.66. The standard InChI is InChI=1S/C20H20N2O3/c1-3-14-7-9-16(10-8-14)21-20(23)13-17-12-19(25-22-17)15-5-4-6-18(11-15)24-2/h4-12H,3,13H2,1-2H3,(H,21,23). The van der Waals surface area contributed by atoms with Gasteiger partial charge in [-0.05, 0) is 36.2 Å². The Morgan fingerprint density at radius 3 is 2.68 bits per heavy atom. The second-order valence-corrected chi connectivity index (χ2v) is 5.69. The van der Waals surface area contributed by atoms with Crippen molar-refractivity contribution in [1.82, 2.24) is 5.16 Å². The molecule has 3 rings (SSSR count). The molecule has 1 N–H and O–H groups in total. The maximum Gasteiger partial charge on any atom is 0.230 e. The summed E-state index contributed by atoms with van der Waals surface area (Å²) < 4.78 is 10.6. The number of aromatic nitrogens is 1. The molecule has 0 fully saturated rings. The topological polar surface area (TPSA) is 64.4 Å². The monoisotopic (exact) mass is 336 g/mol. The summed E-state index contributed by atoms with van der Waals surface area (Å²) in [7, 11) is 1.61. The minimum Gasteiger partial charge on any atom is -0.497 e. The first-order valence-electron chi connectivity index (χ1n) is 8.16. The van der Waals surface area contributed by atoms with Gasteiger partial charge in [0.1, 0.15) is 5.75 Å². The Kier molecular flexibility index (Phi) is 5.14. The molecule has 0 saturated carbocycles. The largest absolute Gasteiger partial charge is 0.497 e. The SMILES string of the molecule is CCc1ccc(NC(=O)Cc2cc(-c3cccc(OC)c3)on2)cc1. The summed E-state index contributed by atoms with van der Waals surface area (Å²) in [4.78, 5) is 12.2. The lowest BCUT2D eigenvalue weighted by atomic mass is 10.1. The Hall–Kier alpha value is -3.08. The van der Waals surface area contributed by atoms with Crippen LogP contribution in [0.15, 0.2) is 59.1 Å². The third-order valence-corrected chi connectivity index (χ3v) is 3.90. The summed E-state index contributed by atoms with van der Waals surface area (Å²) in [6, 6.07) is 17.1. The zero-order valence-electron chi connectivity index (χ0n) is 14.3. The van der Waals surface area contributed by atoms with Crippen LogP contribution in [-0.2, 0) is 17.6 Å². The van der Waals surface area contributed by atoms with Crippen LogP contribution in [0.2, 0.25) is 0 Å². The Morgan fingerprint density at radius 1 is 1.16 bits per heavy atom. The molecular weight excluding hydrogens is 316 g/mol. The van der Waals surface area contributed by atoms with Crippen LogP contribution in [0.1, 0.15) is 18.2 Å². The quantitative estimate of drug-likeness (QED) is 0.736. The van der Waals surface area contributed by atoms with Gasteiger partial charge in [0.15, 0.2) is 5.76 Å². The van der Waals surface area contributed by atoms with Gasteiger partial charge in [0.05, 0.1) is 19.2 Å². The van der Waals surface area contributed by atoms with Crippen molar-refractivity contribution in [2.45, 2.75) is 19.8 Å². The molecule has 0 aliphatic rings. The van der Waals surface area contributed by atoms with Gasteiger partial charge in [-0.3, -0.25) is 4.79 Å². The van der Waals surface area contributed by atoms with Crippen LogP contribution in [0.3, 0.4) is 0 Å². The molecule has 0 unspecified atom stereocenters. The molecular formula is C20H20N2O3. The molecule has 0 spiro atoms. The van der Waals surface area contributed by atoms with E-state index in [0.717, 1.165) is 23.4 Å². The highest BCUT2D eigenvalue weighted by Gasteiger charge is 2.11. The molecule has 2 aromatic carbocycles. The first-order valence-corrected chi connectivity index (χ1v) is 8.16. The highest BCUT2D eigenvalue weighted by molar-refractivity contribution is 5.92. The number of rotatable bonds is 6. The van der Waals surface area contributed by atoms with Crippen LogP contribution in [0.25, 0.3) is 11.3 Å². The molecule has 0 aliphatic carbocycles. The van der Waals surface area contributed by atoms with E-state index < -0.39 is 0 Å². The van der Waals surface area contributed by atoms with Crippen LogP contribution < -0.4 is 10.1 Å². The van der Waals surface area contributed by atoms with Crippen LogP contribution >= 0.6 is 0 Å². The molecule has 0 saturated heterocycles. The molecule has 5 nitrogen and oxygen atoms in total. The average Bonchev–Trinajstić information content (AvgIpc) is 3.10. The fraction of sp³-hybridized carbons (Fsp3) is 0.200. The maximum atomic E-state index is 12.2. The Balaban J connectivity index is 1.64. The minimum absolute atomic E-state index is 0.130. The molecule has 1 amide bonds. The van der Waals surface area contributed by atoms with Crippen molar-refractivity contribution in [2.24, 2.45) is 0 Å². The Morgan fingerprint density at radius 2 is 1.96 bits per heavy atom. The molecule has 0 bridgehead atoms. The molecule has 1 heterocycles. The van der Waals surface area contributed by atoms with Crippen LogP contribution in [0.5, 0.6) is 5.75 Å². The number of methoxy groups -OCH3 is 1. The van der Waals surface area contributed by atoms with Gasteiger partial charge in [-0.1, -0.05) is 36.3 Å². The van der Waals surface area contributed by atoms with Crippen molar-refractivity contribution in [3.63, 3.8) is 0 Å². The molecule has 0 aliphatic heterocycles. The number of hydrogen-bond acceptors (Lipinski definition) is 4. The number of amides is 1. The van der Waals surface area contributed by atoms with Crippen molar-refractivity contribution < 1.29 is 14.1 Å². The van der Waals surface area contributed by atoms with Crippen LogP contribution in [0, 0.1) is 0 Å². The van der Waals surface area contributed by atoms with E-state index in [-0.39, 0.29) is 12.3 Å². The molecule has 0 atom stereocenters. The molecule has 25 heavy (non-hydrogen) atoms. The van der Waals surface area contributed by atoms with Gasteiger partial charge in [0.2, 0.25) is 5.91 Å². The highest BCUT2D eigenvalue weighted by Crippen LogP contribution is 2.24. The predicted octanol–water partition coefficient (Wildman–Crippen LogP) is 4.09. The average molecular weight is 336 g/mol. The number of carbonyl (C=O) groups is 1. The first-order chi connectivity index (χ1) is 12.2. The summed E-state index contributed by atoms with van der Waals surface area (Å²) in [6.07, 6.45) is 1.13. The summed E-state index contributed by atoms with van der Waals surface area (Å²) in [6.45, 7) is 2.10. The first kappa shape index (κ1) is 16.8. The fourth-order valence-corrected chi connectivity index (χ4v) is 2.50. The third-order valence-electron chi connectivity index (χ3n) is 3.90. The minimum atomic E-state index is -0.130. The van der Waals surface area contributed by atoms with Crippen molar-refractivity contribution in [1.29, 1.82) is 0 Å². The molecule has 1 aromatic heterocycles. The van der Waals surface area contributed by atoms with E-state index >= 15 is 0 Å². The smallest absolute Gasteiger partial charge is 0.230 e. The van der Waals surface area contributed by atoms with E-state index in [1.54, 1.807) is 13.2 Å². The lowest BCUT2D eigenvalue weighted by Crippen LogP contribution is -2.14. The van der Waals surface area contributed by atoms with Crippen LogP contribution in [0.4, 0.5) is 5.69 Å². The Bertz CT molecular complexity index is 853. The predicted molar refractivity (Wildman–Crippen MR) is 96.6 cm³/mol. The maximum absolute atomic E-state index is 12.2. The number of ether oxygens (including phenoxy) is 1. The van der Waals surface area contributed by atoms with E-state index in [4.69, 9.17) is 9.26 Å². The van der Waals surface area contributed by atoms with E-state index in [1.807, 2.05) is 48.5 Å². The van der Waals surface area contributed by atoms with E-state index in [0.29, 0.717) is 11.5 Å². The van der Waals surface area contributed by atoms with Gasteiger partial charge >= 0.3 is 0 Å². The van der Waals surface area contributed by atoms with Gasteiger partial charge in [0.25, 0.3) is 0 Å². The van der Waals surface area contributed by atoms with Gasteiger partial charge in [-0.25, -0.2) is 0 Å². The van der Waals surface area contributed by atoms with Gasteiger partial charge in [-0.15, -0.1) is 0 Å². The number of nitrogens with one attached hydrogen (secondary N) is 1. The zero-order chi connectivity index (χ0) is 17.6. The summed E-state index contributed by atoms with van der Waals surface area (Å²) >= 11 is 0. The number of carbonyl (C=O) groups excluding carboxylic acids is 1. The molecule has 5 heteroatoms.